The summed E-state index contributed by atoms with van der Waals surface area (Å²) in [6.07, 6.45) is 0.640. The maximum absolute atomic E-state index is 13.9. The molecular formula is C17H18F2O. The highest BCUT2D eigenvalue weighted by Gasteiger charge is 2.30. The van der Waals surface area contributed by atoms with E-state index in [9.17, 15) is 13.9 Å². The van der Waals surface area contributed by atoms with Gasteiger partial charge in [0.2, 0.25) is 0 Å². The Morgan fingerprint density at radius 3 is 2.40 bits per heavy atom. The smallest absolute Gasteiger partial charge is 0.129 e. The lowest BCUT2D eigenvalue weighted by molar-refractivity contribution is 0.0290. The molecule has 1 unspecified atom stereocenters. The van der Waals surface area contributed by atoms with Gasteiger partial charge >= 0.3 is 0 Å². The summed E-state index contributed by atoms with van der Waals surface area (Å²) in [5.41, 5.74) is 0.576. The van der Waals surface area contributed by atoms with Crippen LogP contribution in [0, 0.1) is 18.6 Å². The predicted molar refractivity (Wildman–Crippen MR) is 75.4 cm³/mol. The number of halogens is 2. The van der Waals surface area contributed by atoms with Crippen molar-refractivity contribution in [2.45, 2.75) is 32.3 Å². The van der Waals surface area contributed by atoms with Gasteiger partial charge in [-0.1, -0.05) is 31.2 Å². The zero-order valence-corrected chi connectivity index (χ0v) is 11.7. The standard InChI is InChI=1S/C17H18F2O/c1-3-17(20,15-6-4-5-7-16(15)19)11-13-8-9-14(18)10-12(13)2/h4-10,20H,3,11H2,1-2H3. The van der Waals surface area contributed by atoms with E-state index in [1.807, 2.05) is 6.92 Å². The van der Waals surface area contributed by atoms with Crippen LogP contribution in [-0.2, 0) is 12.0 Å². The van der Waals surface area contributed by atoms with Crippen molar-refractivity contribution in [2.75, 3.05) is 0 Å². The van der Waals surface area contributed by atoms with Crippen molar-refractivity contribution < 1.29 is 13.9 Å². The molecule has 0 amide bonds. The Labute approximate surface area is 117 Å². The summed E-state index contributed by atoms with van der Waals surface area (Å²) in [7, 11) is 0. The van der Waals surface area contributed by atoms with Gasteiger partial charge in [0.15, 0.2) is 0 Å². The molecule has 0 aliphatic rings. The third-order valence-corrected chi connectivity index (χ3v) is 3.75. The predicted octanol–water partition coefficient (Wildman–Crippen LogP) is 4.11. The normalized spacial score (nSPS) is 14.1. The first kappa shape index (κ1) is 14.7. The van der Waals surface area contributed by atoms with E-state index in [1.165, 1.54) is 18.2 Å². The second kappa shape index (κ2) is 5.71. The number of hydrogen-bond acceptors (Lipinski definition) is 1. The van der Waals surface area contributed by atoms with Gasteiger partial charge in [-0.15, -0.1) is 0 Å². The van der Waals surface area contributed by atoms with Gasteiger partial charge in [-0.05, 0) is 42.7 Å². The van der Waals surface area contributed by atoms with E-state index in [0.29, 0.717) is 6.42 Å². The lowest BCUT2D eigenvalue weighted by Crippen LogP contribution is -2.29. The Bertz CT molecular complexity index is 610. The molecule has 1 atom stereocenters. The third kappa shape index (κ3) is 2.88. The summed E-state index contributed by atoms with van der Waals surface area (Å²) in [5.74, 6) is -0.728. The van der Waals surface area contributed by atoms with Crippen LogP contribution in [-0.4, -0.2) is 5.11 Å². The fourth-order valence-corrected chi connectivity index (χ4v) is 2.42. The topological polar surface area (TPSA) is 20.2 Å². The molecule has 0 fully saturated rings. The lowest BCUT2D eigenvalue weighted by atomic mass is 9.83. The highest BCUT2D eigenvalue weighted by atomic mass is 19.1. The number of benzene rings is 2. The third-order valence-electron chi connectivity index (χ3n) is 3.75. The first-order valence-corrected chi connectivity index (χ1v) is 6.68. The molecule has 106 valence electrons. The van der Waals surface area contributed by atoms with Crippen LogP contribution in [0.25, 0.3) is 0 Å². The monoisotopic (exact) mass is 276 g/mol. The average molecular weight is 276 g/mol. The Morgan fingerprint density at radius 1 is 1.10 bits per heavy atom. The summed E-state index contributed by atoms with van der Waals surface area (Å²) in [4.78, 5) is 0. The van der Waals surface area contributed by atoms with Crippen molar-refractivity contribution in [1.29, 1.82) is 0 Å². The van der Waals surface area contributed by atoms with Crippen LogP contribution < -0.4 is 0 Å². The van der Waals surface area contributed by atoms with Crippen molar-refractivity contribution in [2.24, 2.45) is 0 Å². The molecule has 0 spiro atoms. The van der Waals surface area contributed by atoms with E-state index in [1.54, 1.807) is 31.2 Å². The van der Waals surface area contributed by atoms with Crippen LogP contribution in [0.1, 0.15) is 30.0 Å². The molecule has 0 heterocycles. The second-order valence-corrected chi connectivity index (χ2v) is 5.11. The van der Waals surface area contributed by atoms with Gasteiger partial charge in [0.1, 0.15) is 11.6 Å². The van der Waals surface area contributed by atoms with Crippen LogP contribution in [0.3, 0.4) is 0 Å². The minimum atomic E-state index is -1.28. The molecule has 0 aromatic heterocycles. The molecule has 2 rings (SSSR count). The highest BCUT2D eigenvalue weighted by molar-refractivity contribution is 5.32. The molecule has 20 heavy (non-hydrogen) atoms. The van der Waals surface area contributed by atoms with Crippen molar-refractivity contribution in [3.8, 4) is 0 Å². The summed E-state index contributed by atoms with van der Waals surface area (Å²) in [5, 5.41) is 10.8. The Balaban J connectivity index is 2.39. The molecule has 0 saturated carbocycles. The van der Waals surface area contributed by atoms with Gasteiger partial charge in [0.05, 0.1) is 5.60 Å². The zero-order valence-electron chi connectivity index (χ0n) is 11.7. The van der Waals surface area contributed by atoms with Gasteiger partial charge < -0.3 is 5.11 Å². The van der Waals surface area contributed by atoms with Gasteiger partial charge in [0.25, 0.3) is 0 Å². The fourth-order valence-electron chi connectivity index (χ4n) is 2.42. The maximum atomic E-state index is 13.9. The summed E-state index contributed by atoms with van der Waals surface area (Å²) in [6, 6.07) is 10.7. The highest BCUT2D eigenvalue weighted by Crippen LogP contribution is 2.32. The molecule has 1 nitrogen and oxygen atoms in total. The van der Waals surface area contributed by atoms with Gasteiger partial charge in [-0.25, -0.2) is 8.78 Å². The summed E-state index contributed by atoms with van der Waals surface area (Å²) >= 11 is 0. The Hall–Kier alpha value is -1.74. The van der Waals surface area contributed by atoms with E-state index in [0.717, 1.165) is 11.1 Å². The quantitative estimate of drug-likeness (QED) is 0.891. The van der Waals surface area contributed by atoms with Crippen LogP contribution in [0.5, 0.6) is 0 Å². The lowest BCUT2D eigenvalue weighted by Gasteiger charge is -2.28. The molecule has 0 bridgehead atoms. The second-order valence-electron chi connectivity index (χ2n) is 5.11. The van der Waals surface area contributed by atoms with Crippen molar-refractivity contribution in [3.63, 3.8) is 0 Å². The number of aliphatic hydroxyl groups is 1. The maximum Gasteiger partial charge on any atom is 0.129 e. The van der Waals surface area contributed by atoms with Crippen LogP contribution >= 0.6 is 0 Å². The Morgan fingerprint density at radius 2 is 1.80 bits per heavy atom. The Kier molecular flexibility index (Phi) is 4.19. The van der Waals surface area contributed by atoms with Gasteiger partial charge in [-0.3, -0.25) is 0 Å². The molecule has 0 radical (unpaired) electrons. The van der Waals surface area contributed by atoms with Crippen molar-refractivity contribution in [3.05, 3.63) is 70.8 Å². The minimum absolute atomic E-state index is 0.260. The first-order chi connectivity index (χ1) is 9.46. The van der Waals surface area contributed by atoms with E-state index in [-0.39, 0.29) is 17.8 Å². The molecule has 0 aliphatic carbocycles. The van der Waals surface area contributed by atoms with E-state index in [4.69, 9.17) is 0 Å². The van der Waals surface area contributed by atoms with Crippen molar-refractivity contribution in [1.82, 2.24) is 0 Å². The number of rotatable bonds is 4. The average Bonchev–Trinajstić information content (AvgIpc) is 2.42. The molecular weight excluding hydrogens is 258 g/mol. The molecule has 0 saturated heterocycles. The summed E-state index contributed by atoms with van der Waals surface area (Å²) < 4.78 is 27.0. The molecule has 2 aromatic rings. The largest absolute Gasteiger partial charge is 0.385 e. The molecule has 1 N–H and O–H groups in total. The zero-order chi connectivity index (χ0) is 14.8. The van der Waals surface area contributed by atoms with E-state index >= 15 is 0 Å². The van der Waals surface area contributed by atoms with Gasteiger partial charge in [-0.2, -0.15) is 0 Å². The van der Waals surface area contributed by atoms with Crippen LogP contribution in [0.2, 0.25) is 0 Å². The van der Waals surface area contributed by atoms with Gasteiger partial charge in [0, 0.05) is 12.0 Å². The van der Waals surface area contributed by atoms with E-state index in [2.05, 4.69) is 0 Å². The minimum Gasteiger partial charge on any atom is -0.385 e. The number of hydrogen-bond donors (Lipinski definition) is 1. The summed E-state index contributed by atoms with van der Waals surface area (Å²) in [6.45, 7) is 3.60. The fraction of sp³-hybridized carbons (Fsp3) is 0.294. The SMILES string of the molecule is CCC(O)(Cc1ccc(F)cc1C)c1ccccc1F. The van der Waals surface area contributed by atoms with Crippen LogP contribution in [0.15, 0.2) is 42.5 Å². The van der Waals surface area contributed by atoms with Crippen molar-refractivity contribution >= 4 is 0 Å². The first-order valence-electron chi connectivity index (χ1n) is 6.68. The van der Waals surface area contributed by atoms with E-state index < -0.39 is 11.4 Å². The molecule has 0 aliphatic heterocycles. The molecule has 3 heteroatoms. The molecule has 2 aromatic carbocycles. The number of aryl methyl sites for hydroxylation is 1. The van der Waals surface area contributed by atoms with Crippen LogP contribution in [0.4, 0.5) is 8.78 Å².